The van der Waals surface area contributed by atoms with Crippen molar-refractivity contribution in [2.75, 3.05) is 0 Å². The van der Waals surface area contributed by atoms with E-state index in [1.807, 2.05) is 0 Å². The van der Waals surface area contributed by atoms with Crippen LogP contribution in [0.2, 0.25) is 0 Å². The molecule has 2 aliphatic carbocycles. The van der Waals surface area contributed by atoms with Gasteiger partial charge in [-0.1, -0.05) is 6.92 Å². The number of Topliss-reactive ketones (excluding diaryl/α,β-unsaturated/α-hetero) is 1. The van der Waals surface area contributed by atoms with E-state index in [1.165, 1.54) is 12.8 Å². The van der Waals surface area contributed by atoms with Crippen molar-refractivity contribution >= 4 is 5.78 Å². The predicted octanol–water partition coefficient (Wildman–Crippen LogP) is 1.38. The smallest absolute Gasteiger partial charge is 0.137 e. The largest absolute Gasteiger partial charge is 0.299 e. The third-order valence-corrected chi connectivity index (χ3v) is 2.51. The molecule has 2 rings (SSSR count). The molecule has 1 nitrogen and oxygen atoms in total. The van der Waals surface area contributed by atoms with Gasteiger partial charge in [0.2, 0.25) is 0 Å². The lowest BCUT2D eigenvalue weighted by Crippen LogP contribution is -1.96. The molecule has 0 saturated heterocycles. The molecule has 2 fully saturated rings. The highest BCUT2D eigenvalue weighted by Gasteiger charge is 2.55. The van der Waals surface area contributed by atoms with E-state index in [0.29, 0.717) is 17.1 Å². The van der Waals surface area contributed by atoms with Crippen molar-refractivity contribution in [1.82, 2.24) is 0 Å². The van der Waals surface area contributed by atoms with Gasteiger partial charge in [0.25, 0.3) is 0 Å². The molecule has 0 heterocycles. The molecule has 1 atom stereocenters. The first-order valence-corrected chi connectivity index (χ1v) is 3.25. The fourth-order valence-electron chi connectivity index (χ4n) is 1.32. The number of carbonyl (C=O) groups excluding carboxylic acids is 1. The highest BCUT2D eigenvalue weighted by Crippen LogP contribution is 2.58. The maximum absolute atomic E-state index is 10.6. The number of hydrogen-bond donors (Lipinski definition) is 0. The lowest BCUT2D eigenvalue weighted by atomic mass is 10.0. The number of rotatable bonds is 1. The van der Waals surface area contributed by atoms with Crippen LogP contribution in [-0.4, -0.2) is 5.78 Å². The summed E-state index contributed by atoms with van der Waals surface area (Å²) in [6.45, 7) is 2.22. The van der Waals surface area contributed by atoms with Gasteiger partial charge in [-0.15, -0.1) is 0 Å². The van der Waals surface area contributed by atoms with Crippen molar-refractivity contribution in [1.29, 1.82) is 0 Å². The molecular weight excluding hydrogens is 100 g/mol. The van der Waals surface area contributed by atoms with Crippen LogP contribution in [0.3, 0.4) is 0 Å². The Balaban J connectivity index is 2.09. The summed E-state index contributed by atoms with van der Waals surface area (Å²) in [6, 6.07) is 0. The van der Waals surface area contributed by atoms with Crippen LogP contribution >= 0.6 is 0 Å². The third-order valence-electron chi connectivity index (χ3n) is 2.51. The minimum Gasteiger partial charge on any atom is -0.299 e. The minimum atomic E-state index is 0.483. The quantitative estimate of drug-likeness (QED) is 0.498. The summed E-state index contributed by atoms with van der Waals surface area (Å²) in [5, 5.41) is 0. The van der Waals surface area contributed by atoms with Crippen molar-refractivity contribution in [2.45, 2.75) is 26.2 Å². The second-order valence-electron chi connectivity index (χ2n) is 3.38. The van der Waals surface area contributed by atoms with E-state index in [2.05, 4.69) is 6.92 Å². The van der Waals surface area contributed by atoms with Crippen LogP contribution in [0.1, 0.15) is 26.2 Å². The SMILES string of the molecule is CC1(C2CC2=O)CC1. The monoisotopic (exact) mass is 110 g/mol. The molecule has 0 aromatic carbocycles. The van der Waals surface area contributed by atoms with E-state index >= 15 is 0 Å². The average molecular weight is 110 g/mol. The summed E-state index contributed by atoms with van der Waals surface area (Å²) in [5.74, 6) is 0.993. The molecule has 1 unspecified atom stereocenters. The van der Waals surface area contributed by atoms with Gasteiger partial charge < -0.3 is 0 Å². The molecule has 1 heteroatoms. The summed E-state index contributed by atoms with van der Waals surface area (Å²) >= 11 is 0. The molecular formula is C7H10O. The Hall–Kier alpha value is -0.330. The summed E-state index contributed by atoms with van der Waals surface area (Å²) in [6.07, 6.45) is 3.48. The Bertz CT molecular complexity index is 144. The minimum absolute atomic E-state index is 0.483. The maximum Gasteiger partial charge on any atom is 0.137 e. The molecule has 0 amide bonds. The Morgan fingerprint density at radius 1 is 1.62 bits per heavy atom. The highest BCUT2D eigenvalue weighted by molar-refractivity contribution is 5.97. The van der Waals surface area contributed by atoms with Crippen LogP contribution in [0.5, 0.6) is 0 Å². The Kier molecular flexibility index (Phi) is 0.565. The first-order valence-electron chi connectivity index (χ1n) is 3.25. The fraction of sp³-hybridized carbons (Fsp3) is 0.857. The van der Waals surface area contributed by atoms with Gasteiger partial charge in [0.1, 0.15) is 5.78 Å². The van der Waals surface area contributed by atoms with Crippen LogP contribution < -0.4 is 0 Å². The molecule has 2 aliphatic rings. The van der Waals surface area contributed by atoms with E-state index in [0.717, 1.165) is 6.42 Å². The van der Waals surface area contributed by atoms with Gasteiger partial charge in [0.05, 0.1) is 0 Å². The van der Waals surface area contributed by atoms with Crippen molar-refractivity contribution in [3.8, 4) is 0 Å². The number of hydrogen-bond acceptors (Lipinski definition) is 1. The first-order chi connectivity index (χ1) is 3.72. The Morgan fingerprint density at radius 3 is 2.25 bits per heavy atom. The van der Waals surface area contributed by atoms with Crippen molar-refractivity contribution in [3.05, 3.63) is 0 Å². The summed E-state index contributed by atoms with van der Waals surface area (Å²) in [5.41, 5.74) is 0.483. The van der Waals surface area contributed by atoms with Crippen LogP contribution in [0, 0.1) is 11.3 Å². The summed E-state index contributed by atoms with van der Waals surface area (Å²) < 4.78 is 0. The van der Waals surface area contributed by atoms with E-state index in [-0.39, 0.29) is 0 Å². The Morgan fingerprint density at radius 2 is 2.12 bits per heavy atom. The van der Waals surface area contributed by atoms with Crippen molar-refractivity contribution in [3.63, 3.8) is 0 Å². The van der Waals surface area contributed by atoms with E-state index < -0.39 is 0 Å². The molecule has 0 N–H and O–H groups in total. The summed E-state index contributed by atoms with van der Waals surface area (Å²) in [4.78, 5) is 10.6. The fourth-order valence-corrected chi connectivity index (χ4v) is 1.32. The van der Waals surface area contributed by atoms with Gasteiger partial charge in [-0.05, 0) is 18.3 Å². The zero-order chi connectivity index (χ0) is 5.78. The average Bonchev–Trinajstić information content (AvgIpc) is 2.47. The second-order valence-corrected chi connectivity index (χ2v) is 3.38. The molecule has 44 valence electrons. The Labute approximate surface area is 49.1 Å². The molecule has 0 aromatic heterocycles. The second kappa shape index (κ2) is 0.996. The molecule has 0 aromatic rings. The zero-order valence-electron chi connectivity index (χ0n) is 5.11. The van der Waals surface area contributed by atoms with Crippen molar-refractivity contribution in [2.24, 2.45) is 11.3 Å². The summed E-state index contributed by atoms with van der Waals surface area (Å²) in [7, 11) is 0. The maximum atomic E-state index is 10.6. The molecule has 2 saturated carbocycles. The topological polar surface area (TPSA) is 17.1 Å². The standard InChI is InChI=1S/C7H10O/c1-7(2-3-7)5-4-6(5)8/h5H,2-4H2,1H3. The molecule has 0 radical (unpaired) electrons. The lowest BCUT2D eigenvalue weighted by Gasteiger charge is -1.98. The van der Waals surface area contributed by atoms with E-state index in [1.54, 1.807) is 0 Å². The van der Waals surface area contributed by atoms with Crippen LogP contribution in [0.15, 0.2) is 0 Å². The van der Waals surface area contributed by atoms with Crippen LogP contribution in [0.4, 0.5) is 0 Å². The predicted molar refractivity (Wildman–Crippen MR) is 30.5 cm³/mol. The van der Waals surface area contributed by atoms with Gasteiger partial charge in [-0.3, -0.25) is 4.79 Å². The normalized spacial score (nSPS) is 39.6. The van der Waals surface area contributed by atoms with Gasteiger partial charge in [-0.2, -0.15) is 0 Å². The molecule has 0 bridgehead atoms. The molecule has 8 heavy (non-hydrogen) atoms. The number of ketones is 1. The first kappa shape index (κ1) is 4.54. The molecule has 0 aliphatic heterocycles. The molecule has 0 spiro atoms. The third kappa shape index (κ3) is 0.445. The van der Waals surface area contributed by atoms with Gasteiger partial charge >= 0.3 is 0 Å². The number of carbonyl (C=O) groups is 1. The highest BCUT2D eigenvalue weighted by atomic mass is 16.1. The van der Waals surface area contributed by atoms with Crippen LogP contribution in [-0.2, 0) is 4.79 Å². The van der Waals surface area contributed by atoms with Gasteiger partial charge in [0.15, 0.2) is 0 Å². The van der Waals surface area contributed by atoms with E-state index in [9.17, 15) is 4.79 Å². The van der Waals surface area contributed by atoms with Crippen LogP contribution in [0.25, 0.3) is 0 Å². The van der Waals surface area contributed by atoms with Crippen molar-refractivity contribution < 1.29 is 4.79 Å². The zero-order valence-corrected chi connectivity index (χ0v) is 5.11. The van der Waals surface area contributed by atoms with Gasteiger partial charge in [0, 0.05) is 12.3 Å². The van der Waals surface area contributed by atoms with E-state index in [4.69, 9.17) is 0 Å². The lowest BCUT2D eigenvalue weighted by molar-refractivity contribution is -0.111. The van der Waals surface area contributed by atoms with Gasteiger partial charge in [-0.25, -0.2) is 0 Å².